The standard InChI is InChI=1S/C23H29NO3/c1-21-7-3-16(25)12-15(21)11-14(13-24)20-17(21)4-8-22(2)18(20)5-9-23(22)10-6-19(26)27-23/h12,14,17-18,20H,3-11H2,1-2H3. The van der Waals surface area contributed by atoms with Crippen LogP contribution < -0.4 is 0 Å². The summed E-state index contributed by atoms with van der Waals surface area (Å²) < 4.78 is 6.00. The van der Waals surface area contributed by atoms with Gasteiger partial charge in [-0.05, 0) is 74.2 Å². The molecule has 4 heteroatoms. The molecule has 0 bridgehead atoms. The minimum Gasteiger partial charge on any atom is -0.458 e. The molecule has 3 saturated carbocycles. The van der Waals surface area contributed by atoms with Crippen LogP contribution in [0.1, 0.15) is 71.6 Å². The fourth-order valence-corrected chi connectivity index (χ4v) is 7.99. The van der Waals surface area contributed by atoms with Crippen molar-refractivity contribution in [3.63, 3.8) is 0 Å². The van der Waals surface area contributed by atoms with Crippen molar-refractivity contribution in [2.45, 2.75) is 77.2 Å². The maximum atomic E-state index is 12.0. The van der Waals surface area contributed by atoms with E-state index in [2.05, 4.69) is 19.9 Å². The summed E-state index contributed by atoms with van der Waals surface area (Å²) in [5, 5.41) is 10.0. The second kappa shape index (κ2) is 5.46. The van der Waals surface area contributed by atoms with Crippen molar-refractivity contribution < 1.29 is 14.3 Å². The van der Waals surface area contributed by atoms with E-state index in [1.165, 1.54) is 5.57 Å². The number of hydrogen-bond acceptors (Lipinski definition) is 4. The van der Waals surface area contributed by atoms with Crippen molar-refractivity contribution in [1.29, 1.82) is 5.26 Å². The van der Waals surface area contributed by atoms with E-state index in [1.54, 1.807) is 0 Å². The molecule has 1 heterocycles. The van der Waals surface area contributed by atoms with Crippen molar-refractivity contribution in [3.8, 4) is 6.07 Å². The van der Waals surface area contributed by atoms with Gasteiger partial charge in [0, 0.05) is 18.3 Å². The Morgan fingerprint density at radius 1 is 1.07 bits per heavy atom. The zero-order valence-corrected chi connectivity index (χ0v) is 16.4. The second-order valence-corrected chi connectivity index (χ2v) is 10.2. The lowest BCUT2D eigenvalue weighted by Crippen LogP contribution is -2.56. The van der Waals surface area contributed by atoms with Gasteiger partial charge in [-0.3, -0.25) is 9.59 Å². The van der Waals surface area contributed by atoms with Gasteiger partial charge in [0.05, 0.1) is 12.0 Å². The average Bonchev–Trinajstić information content (AvgIpc) is 3.16. The van der Waals surface area contributed by atoms with Crippen LogP contribution in [0.15, 0.2) is 11.6 Å². The van der Waals surface area contributed by atoms with Gasteiger partial charge in [0.25, 0.3) is 0 Å². The molecule has 4 fully saturated rings. The van der Waals surface area contributed by atoms with Crippen LogP contribution in [0.2, 0.25) is 0 Å². The van der Waals surface area contributed by atoms with Gasteiger partial charge in [-0.1, -0.05) is 19.4 Å². The van der Waals surface area contributed by atoms with E-state index >= 15 is 0 Å². The van der Waals surface area contributed by atoms with E-state index in [1.807, 2.05) is 6.08 Å². The summed E-state index contributed by atoms with van der Waals surface area (Å²) in [6, 6.07) is 2.63. The monoisotopic (exact) mass is 367 g/mol. The third kappa shape index (κ3) is 2.09. The number of nitrogens with zero attached hydrogens (tertiary/aromatic N) is 1. The summed E-state index contributed by atoms with van der Waals surface area (Å²) in [6.07, 6.45) is 9.76. The maximum Gasteiger partial charge on any atom is 0.306 e. The van der Waals surface area contributed by atoms with Gasteiger partial charge < -0.3 is 4.74 Å². The molecule has 4 nitrogen and oxygen atoms in total. The number of ether oxygens (including phenoxy) is 1. The third-order valence-corrected chi connectivity index (χ3v) is 9.51. The molecule has 0 aromatic heterocycles. The molecule has 0 aromatic rings. The lowest BCUT2D eigenvalue weighted by molar-refractivity contribution is -0.169. The fraction of sp³-hybridized carbons (Fsp3) is 0.783. The highest BCUT2D eigenvalue weighted by Crippen LogP contribution is 2.70. The Hall–Kier alpha value is -1.63. The molecule has 0 amide bonds. The molecule has 1 aliphatic heterocycles. The summed E-state index contributed by atoms with van der Waals surface area (Å²) in [5.74, 6) is 1.46. The number of rotatable bonds is 0. The molecule has 7 atom stereocenters. The number of allylic oxidation sites excluding steroid dienone is 1. The van der Waals surface area contributed by atoms with Crippen LogP contribution in [0.5, 0.6) is 0 Å². The number of hydrogen-bond donors (Lipinski definition) is 0. The van der Waals surface area contributed by atoms with E-state index in [4.69, 9.17) is 4.74 Å². The molecule has 0 radical (unpaired) electrons. The average molecular weight is 367 g/mol. The Morgan fingerprint density at radius 2 is 1.85 bits per heavy atom. The van der Waals surface area contributed by atoms with Gasteiger partial charge in [-0.25, -0.2) is 0 Å². The lowest BCUT2D eigenvalue weighted by Gasteiger charge is -2.60. The summed E-state index contributed by atoms with van der Waals surface area (Å²) in [6.45, 7) is 4.69. The van der Waals surface area contributed by atoms with Crippen molar-refractivity contribution in [1.82, 2.24) is 0 Å². The number of ketones is 1. The van der Waals surface area contributed by atoms with Crippen molar-refractivity contribution in [2.75, 3.05) is 0 Å². The zero-order valence-electron chi connectivity index (χ0n) is 16.4. The number of nitriles is 1. The quantitative estimate of drug-likeness (QED) is 0.597. The van der Waals surface area contributed by atoms with Gasteiger partial charge in [0.1, 0.15) is 5.60 Å². The molecule has 144 valence electrons. The predicted octanol–water partition coefficient (Wildman–Crippen LogP) is 4.34. The highest BCUT2D eigenvalue weighted by atomic mass is 16.6. The number of carbonyl (C=O) groups is 2. The Balaban J connectivity index is 1.56. The largest absolute Gasteiger partial charge is 0.458 e. The topological polar surface area (TPSA) is 67.2 Å². The molecular weight excluding hydrogens is 338 g/mol. The van der Waals surface area contributed by atoms with Crippen LogP contribution in [-0.4, -0.2) is 17.4 Å². The predicted molar refractivity (Wildman–Crippen MR) is 99.3 cm³/mol. The molecular formula is C23H29NO3. The van der Waals surface area contributed by atoms with Crippen molar-refractivity contribution >= 4 is 11.8 Å². The molecule has 4 aliphatic carbocycles. The first-order valence-corrected chi connectivity index (χ1v) is 10.7. The Labute approximate surface area is 161 Å². The molecule has 27 heavy (non-hydrogen) atoms. The first-order valence-electron chi connectivity index (χ1n) is 10.7. The molecule has 7 unspecified atom stereocenters. The molecule has 0 aromatic carbocycles. The number of carbonyl (C=O) groups excluding carboxylic acids is 2. The normalized spacial score (nSPS) is 51.1. The molecule has 1 spiro atoms. The van der Waals surface area contributed by atoms with Crippen molar-refractivity contribution in [3.05, 3.63) is 11.6 Å². The van der Waals surface area contributed by atoms with Crippen molar-refractivity contribution in [2.24, 2.45) is 34.5 Å². The van der Waals surface area contributed by atoms with Crippen LogP contribution in [0.3, 0.4) is 0 Å². The maximum absolute atomic E-state index is 12.0. The summed E-state index contributed by atoms with van der Waals surface area (Å²) in [7, 11) is 0. The van der Waals surface area contributed by atoms with Gasteiger partial charge in [0.2, 0.25) is 0 Å². The third-order valence-electron chi connectivity index (χ3n) is 9.51. The smallest absolute Gasteiger partial charge is 0.306 e. The first-order chi connectivity index (χ1) is 12.8. The highest BCUT2D eigenvalue weighted by Gasteiger charge is 2.68. The molecule has 0 N–H and O–H groups in total. The lowest BCUT2D eigenvalue weighted by atomic mass is 9.44. The van der Waals surface area contributed by atoms with E-state index in [0.717, 1.165) is 44.9 Å². The van der Waals surface area contributed by atoms with E-state index < -0.39 is 0 Å². The number of fused-ring (bicyclic) bond motifs is 6. The minimum absolute atomic E-state index is 0.00249. The Kier molecular flexibility index (Phi) is 3.53. The van der Waals surface area contributed by atoms with Gasteiger partial charge >= 0.3 is 5.97 Å². The van der Waals surface area contributed by atoms with E-state index in [9.17, 15) is 14.9 Å². The van der Waals surface area contributed by atoms with Crippen LogP contribution in [0, 0.1) is 45.8 Å². The SMILES string of the molecule is CC12CCC(=O)C=C1CC(C#N)C1C2CCC2(C)C1CCC21CCC(=O)O1. The van der Waals surface area contributed by atoms with Gasteiger partial charge in [-0.2, -0.15) is 5.26 Å². The fourth-order valence-electron chi connectivity index (χ4n) is 7.99. The second-order valence-electron chi connectivity index (χ2n) is 10.2. The van der Waals surface area contributed by atoms with Crippen LogP contribution >= 0.6 is 0 Å². The van der Waals surface area contributed by atoms with Crippen LogP contribution in [0.25, 0.3) is 0 Å². The van der Waals surface area contributed by atoms with Crippen LogP contribution in [0.4, 0.5) is 0 Å². The first kappa shape index (κ1) is 17.5. The van der Waals surface area contributed by atoms with E-state index in [-0.39, 0.29) is 34.1 Å². The van der Waals surface area contributed by atoms with E-state index in [0.29, 0.717) is 30.6 Å². The number of esters is 1. The molecule has 1 saturated heterocycles. The minimum atomic E-state index is -0.292. The van der Waals surface area contributed by atoms with Crippen LogP contribution in [-0.2, 0) is 14.3 Å². The zero-order chi connectivity index (χ0) is 19.0. The summed E-state index contributed by atoms with van der Waals surface area (Å²) in [5.41, 5.74) is 1.00. The summed E-state index contributed by atoms with van der Waals surface area (Å²) >= 11 is 0. The van der Waals surface area contributed by atoms with Gasteiger partial charge in [-0.15, -0.1) is 0 Å². The Morgan fingerprint density at radius 3 is 2.56 bits per heavy atom. The van der Waals surface area contributed by atoms with Gasteiger partial charge in [0.15, 0.2) is 5.78 Å². The molecule has 5 rings (SSSR count). The molecule has 5 aliphatic rings. The summed E-state index contributed by atoms with van der Waals surface area (Å²) in [4.78, 5) is 24.0. The Bertz CT molecular complexity index is 794. The highest BCUT2D eigenvalue weighted by molar-refractivity contribution is 5.91.